The van der Waals surface area contributed by atoms with Crippen LogP contribution in [0.1, 0.15) is 5.69 Å². The van der Waals surface area contributed by atoms with Crippen LogP contribution in [0.5, 0.6) is 0 Å². The van der Waals surface area contributed by atoms with Crippen LogP contribution in [-0.2, 0) is 0 Å². The van der Waals surface area contributed by atoms with Gasteiger partial charge in [0.05, 0.1) is 0 Å². The number of hydrogen-bond donors (Lipinski definition) is 0. The molecule has 0 aliphatic carbocycles. The van der Waals surface area contributed by atoms with Gasteiger partial charge in [0.1, 0.15) is 0 Å². The number of hydrogen-bond acceptors (Lipinski definition) is 1. The van der Waals surface area contributed by atoms with Crippen molar-refractivity contribution in [3.05, 3.63) is 78.6 Å². The summed E-state index contributed by atoms with van der Waals surface area (Å²) >= 11 is 0. The zero-order valence-electron chi connectivity index (χ0n) is 10.9. The van der Waals surface area contributed by atoms with Gasteiger partial charge in [-0.05, 0) is 47.4 Å². The van der Waals surface area contributed by atoms with Crippen LogP contribution < -0.4 is 0 Å². The lowest BCUT2D eigenvalue weighted by molar-refractivity contribution is 1.20. The summed E-state index contributed by atoms with van der Waals surface area (Å²) in [6.07, 6.45) is 1.86. The third-order valence-corrected chi connectivity index (χ3v) is 3.20. The summed E-state index contributed by atoms with van der Waals surface area (Å²) in [5.41, 5.74) is 5.97. The summed E-state index contributed by atoms with van der Waals surface area (Å²) in [5.74, 6) is 0. The maximum Gasteiger partial charge on any atom is 0.0378 e. The largest absolute Gasteiger partial charge is 0.262 e. The van der Waals surface area contributed by atoms with E-state index in [1.807, 2.05) is 19.2 Å². The van der Waals surface area contributed by atoms with E-state index in [1.165, 1.54) is 22.3 Å². The molecule has 0 amide bonds. The minimum atomic E-state index is 1.04. The van der Waals surface area contributed by atoms with Crippen LogP contribution in [0.15, 0.2) is 72.9 Å². The molecule has 0 aliphatic heterocycles. The van der Waals surface area contributed by atoms with Crippen LogP contribution in [-0.4, -0.2) is 4.98 Å². The van der Waals surface area contributed by atoms with E-state index in [2.05, 4.69) is 65.6 Å². The van der Waals surface area contributed by atoms with E-state index in [-0.39, 0.29) is 0 Å². The maximum absolute atomic E-state index is 4.25. The van der Waals surface area contributed by atoms with Crippen molar-refractivity contribution >= 4 is 0 Å². The molecule has 0 saturated heterocycles. The van der Waals surface area contributed by atoms with E-state index < -0.39 is 0 Å². The van der Waals surface area contributed by atoms with Gasteiger partial charge in [0.25, 0.3) is 0 Å². The van der Waals surface area contributed by atoms with E-state index in [4.69, 9.17) is 0 Å². The molecule has 0 N–H and O–H groups in total. The highest BCUT2D eigenvalue weighted by atomic mass is 14.6. The Morgan fingerprint density at radius 1 is 0.632 bits per heavy atom. The first-order valence-electron chi connectivity index (χ1n) is 6.41. The van der Waals surface area contributed by atoms with Gasteiger partial charge in [-0.1, -0.05) is 48.5 Å². The lowest BCUT2D eigenvalue weighted by Gasteiger charge is -2.06. The number of benzene rings is 2. The average Bonchev–Trinajstić information content (AvgIpc) is 2.48. The zero-order valence-corrected chi connectivity index (χ0v) is 10.9. The first-order valence-corrected chi connectivity index (χ1v) is 6.41. The Balaban J connectivity index is 2.06. The van der Waals surface area contributed by atoms with E-state index in [0.717, 1.165) is 5.69 Å². The molecule has 3 rings (SSSR count). The van der Waals surface area contributed by atoms with Crippen LogP contribution in [0.25, 0.3) is 22.3 Å². The second-order valence-corrected chi connectivity index (χ2v) is 4.63. The summed E-state index contributed by atoms with van der Waals surface area (Å²) in [5, 5.41) is 0. The van der Waals surface area contributed by atoms with Crippen molar-refractivity contribution in [1.29, 1.82) is 0 Å². The second-order valence-electron chi connectivity index (χ2n) is 4.63. The minimum absolute atomic E-state index is 1.04. The first-order chi connectivity index (χ1) is 9.33. The molecular formula is C18H15N. The molecule has 0 spiro atoms. The van der Waals surface area contributed by atoms with Gasteiger partial charge >= 0.3 is 0 Å². The topological polar surface area (TPSA) is 12.9 Å². The lowest BCUT2D eigenvalue weighted by Crippen LogP contribution is -1.84. The van der Waals surface area contributed by atoms with E-state index in [1.54, 1.807) is 0 Å². The molecule has 1 aromatic heterocycles. The van der Waals surface area contributed by atoms with Gasteiger partial charge in [-0.3, -0.25) is 4.98 Å². The van der Waals surface area contributed by atoms with Crippen molar-refractivity contribution < 1.29 is 0 Å². The molecule has 0 aliphatic rings. The molecule has 1 heterocycles. The minimum Gasteiger partial charge on any atom is -0.262 e. The van der Waals surface area contributed by atoms with Crippen LogP contribution >= 0.6 is 0 Å². The molecule has 1 heteroatoms. The van der Waals surface area contributed by atoms with E-state index in [9.17, 15) is 0 Å². The van der Waals surface area contributed by atoms with Crippen molar-refractivity contribution in [3.63, 3.8) is 0 Å². The Bertz CT molecular complexity index is 687. The van der Waals surface area contributed by atoms with Crippen molar-refractivity contribution in [2.24, 2.45) is 0 Å². The smallest absolute Gasteiger partial charge is 0.0378 e. The Kier molecular flexibility index (Phi) is 3.11. The highest BCUT2D eigenvalue weighted by molar-refractivity contribution is 5.72. The summed E-state index contributed by atoms with van der Waals surface area (Å²) in [6.45, 7) is 2.02. The predicted octanol–water partition coefficient (Wildman–Crippen LogP) is 4.72. The molecule has 0 unspecified atom stereocenters. The number of aryl methyl sites for hydroxylation is 1. The van der Waals surface area contributed by atoms with Gasteiger partial charge in [0, 0.05) is 11.9 Å². The van der Waals surface area contributed by atoms with Gasteiger partial charge in [-0.15, -0.1) is 0 Å². The Morgan fingerprint density at radius 2 is 1.26 bits per heavy atom. The molecule has 3 aromatic rings. The first kappa shape index (κ1) is 11.7. The highest BCUT2D eigenvalue weighted by Gasteiger charge is 2.01. The van der Waals surface area contributed by atoms with Gasteiger partial charge in [0.15, 0.2) is 0 Å². The normalized spacial score (nSPS) is 10.4. The molecule has 1 nitrogen and oxygen atoms in total. The molecule has 0 fully saturated rings. The van der Waals surface area contributed by atoms with E-state index in [0.29, 0.717) is 0 Å². The highest BCUT2D eigenvalue weighted by Crippen LogP contribution is 2.26. The molecule has 0 saturated carbocycles. The fourth-order valence-corrected chi connectivity index (χ4v) is 2.23. The zero-order chi connectivity index (χ0) is 13.1. The maximum atomic E-state index is 4.25. The van der Waals surface area contributed by atoms with Gasteiger partial charge < -0.3 is 0 Å². The monoisotopic (exact) mass is 245 g/mol. The van der Waals surface area contributed by atoms with Crippen LogP contribution in [0.2, 0.25) is 0 Å². The fraction of sp³-hybridized carbons (Fsp3) is 0.0556. The molecule has 0 radical (unpaired) electrons. The average molecular weight is 245 g/mol. The number of aromatic nitrogens is 1. The number of nitrogens with zero attached hydrogens (tertiary/aromatic N) is 1. The fourth-order valence-electron chi connectivity index (χ4n) is 2.23. The molecule has 92 valence electrons. The predicted molar refractivity (Wildman–Crippen MR) is 79.8 cm³/mol. The summed E-state index contributed by atoms with van der Waals surface area (Å²) in [7, 11) is 0. The summed E-state index contributed by atoms with van der Waals surface area (Å²) < 4.78 is 0. The SMILES string of the molecule is Cc1cc(-c2cccc(-c3ccccc3)c2)ccn1. The van der Waals surface area contributed by atoms with Crippen molar-refractivity contribution in [3.8, 4) is 22.3 Å². The quantitative estimate of drug-likeness (QED) is 0.636. The van der Waals surface area contributed by atoms with Crippen molar-refractivity contribution in [2.75, 3.05) is 0 Å². The third kappa shape index (κ3) is 2.55. The number of rotatable bonds is 2. The second kappa shape index (κ2) is 5.07. The summed E-state index contributed by atoms with van der Waals surface area (Å²) in [4.78, 5) is 4.25. The Hall–Kier alpha value is -2.41. The van der Waals surface area contributed by atoms with Gasteiger partial charge in [-0.25, -0.2) is 0 Å². The molecule has 0 bridgehead atoms. The molecule has 19 heavy (non-hydrogen) atoms. The van der Waals surface area contributed by atoms with Crippen molar-refractivity contribution in [2.45, 2.75) is 6.92 Å². The molecule has 2 aromatic carbocycles. The Labute approximate surface area is 113 Å². The molecule has 0 atom stereocenters. The summed E-state index contributed by atoms with van der Waals surface area (Å²) in [6, 6.07) is 23.2. The van der Waals surface area contributed by atoms with Crippen LogP contribution in [0, 0.1) is 6.92 Å². The van der Waals surface area contributed by atoms with Gasteiger partial charge in [0.2, 0.25) is 0 Å². The number of pyridine rings is 1. The van der Waals surface area contributed by atoms with E-state index >= 15 is 0 Å². The Morgan fingerprint density at radius 3 is 2.00 bits per heavy atom. The standard InChI is InChI=1S/C18H15N/c1-14-12-18(10-11-19-14)17-9-5-8-16(13-17)15-6-3-2-4-7-15/h2-13H,1H3. The lowest BCUT2D eigenvalue weighted by atomic mass is 9.99. The van der Waals surface area contributed by atoms with Gasteiger partial charge in [-0.2, -0.15) is 0 Å². The molecular weight excluding hydrogens is 230 g/mol. The third-order valence-electron chi connectivity index (χ3n) is 3.20. The van der Waals surface area contributed by atoms with Crippen LogP contribution in [0.3, 0.4) is 0 Å². The van der Waals surface area contributed by atoms with Crippen molar-refractivity contribution in [1.82, 2.24) is 4.98 Å². The van der Waals surface area contributed by atoms with Crippen LogP contribution in [0.4, 0.5) is 0 Å².